The van der Waals surface area contributed by atoms with E-state index >= 15 is 0 Å². The van der Waals surface area contributed by atoms with Gasteiger partial charge in [0.15, 0.2) is 5.82 Å². The Morgan fingerprint density at radius 1 is 1.18 bits per heavy atom. The number of rotatable bonds is 8. The fourth-order valence-corrected chi connectivity index (χ4v) is 4.09. The lowest BCUT2D eigenvalue weighted by atomic mass is 10.2. The number of anilines is 1. The highest BCUT2D eigenvalue weighted by molar-refractivity contribution is 7.91. The summed E-state index contributed by atoms with van der Waals surface area (Å²) in [5, 5.41) is 0. The molecule has 0 radical (unpaired) electrons. The van der Waals surface area contributed by atoms with Crippen molar-refractivity contribution in [3.63, 3.8) is 0 Å². The van der Waals surface area contributed by atoms with Crippen LogP contribution in [0.4, 0.5) is 5.82 Å². The number of sulfone groups is 1. The largest absolute Gasteiger partial charge is 0.382 e. The van der Waals surface area contributed by atoms with Crippen molar-refractivity contribution in [2.75, 3.05) is 17.2 Å². The van der Waals surface area contributed by atoms with Crippen LogP contribution in [0.15, 0.2) is 12.5 Å². The fourth-order valence-electron chi connectivity index (χ4n) is 2.51. The van der Waals surface area contributed by atoms with Crippen LogP contribution in [0.25, 0.3) is 11.0 Å². The molecule has 6 nitrogen and oxygen atoms in total. The summed E-state index contributed by atoms with van der Waals surface area (Å²) in [6, 6.07) is 0. The molecule has 0 saturated heterocycles. The molecule has 0 unspecified atom stereocenters. The molecule has 22 heavy (non-hydrogen) atoms. The Bertz CT molecular complexity index is 737. The highest BCUT2D eigenvalue weighted by Gasteiger charge is 2.11. The number of aryl methyl sites for hydroxylation is 2. The average Bonchev–Trinajstić information content (AvgIpc) is 2.91. The van der Waals surface area contributed by atoms with Gasteiger partial charge in [0.05, 0.1) is 23.3 Å². The smallest absolute Gasteiger partial charge is 0.151 e. The van der Waals surface area contributed by atoms with Gasteiger partial charge in [0.25, 0.3) is 0 Å². The number of nitrogens with zero attached hydrogens (tertiary/aromatic N) is 3. The maximum atomic E-state index is 11.8. The van der Waals surface area contributed by atoms with Gasteiger partial charge in [-0.1, -0.05) is 13.3 Å². The van der Waals surface area contributed by atoms with Crippen molar-refractivity contribution in [1.82, 2.24) is 14.5 Å². The van der Waals surface area contributed by atoms with E-state index in [1.807, 2.05) is 18.4 Å². The van der Waals surface area contributed by atoms with E-state index in [4.69, 9.17) is 5.73 Å². The molecule has 0 atom stereocenters. The van der Waals surface area contributed by atoms with E-state index in [2.05, 4.69) is 9.97 Å². The van der Waals surface area contributed by atoms with E-state index < -0.39 is 9.84 Å². The lowest BCUT2D eigenvalue weighted by Gasteiger charge is -2.07. The first kappa shape index (κ1) is 16.7. The van der Waals surface area contributed by atoms with Crippen molar-refractivity contribution in [1.29, 1.82) is 0 Å². The van der Waals surface area contributed by atoms with Gasteiger partial charge in [-0.25, -0.2) is 18.4 Å². The van der Waals surface area contributed by atoms with E-state index in [-0.39, 0.29) is 5.75 Å². The van der Waals surface area contributed by atoms with Crippen molar-refractivity contribution >= 4 is 26.7 Å². The molecule has 0 saturated carbocycles. The minimum Gasteiger partial charge on any atom is -0.382 e. The molecule has 0 aliphatic carbocycles. The first-order valence-electron chi connectivity index (χ1n) is 7.71. The first-order valence-corrected chi connectivity index (χ1v) is 9.53. The van der Waals surface area contributed by atoms with Crippen LogP contribution in [0.3, 0.4) is 0 Å². The SMILES string of the molecule is CCCCS(=O)(=O)CCCCn1cnc2c(N)ncc(C)c21. The Morgan fingerprint density at radius 2 is 1.91 bits per heavy atom. The van der Waals surface area contributed by atoms with Crippen LogP contribution in [-0.2, 0) is 16.4 Å². The summed E-state index contributed by atoms with van der Waals surface area (Å²) in [4.78, 5) is 8.40. The summed E-state index contributed by atoms with van der Waals surface area (Å²) in [5.74, 6) is 1.00. The van der Waals surface area contributed by atoms with Crippen molar-refractivity contribution in [3.05, 3.63) is 18.1 Å². The summed E-state index contributed by atoms with van der Waals surface area (Å²) < 4.78 is 25.7. The van der Waals surface area contributed by atoms with Gasteiger partial charge in [-0.2, -0.15) is 0 Å². The van der Waals surface area contributed by atoms with Crippen molar-refractivity contribution in [2.45, 2.75) is 46.1 Å². The summed E-state index contributed by atoms with van der Waals surface area (Å²) in [5.41, 5.74) is 8.56. The Balaban J connectivity index is 1.95. The molecule has 2 aromatic rings. The number of nitrogen functional groups attached to an aromatic ring is 1. The predicted molar refractivity (Wildman–Crippen MR) is 89.5 cm³/mol. The second-order valence-electron chi connectivity index (χ2n) is 5.67. The molecule has 7 heteroatoms. The lowest BCUT2D eigenvalue weighted by Crippen LogP contribution is -2.11. The third kappa shape index (κ3) is 3.97. The Morgan fingerprint density at radius 3 is 2.64 bits per heavy atom. The van der Waals surface area contributed by atoms with Crippen LogP contribution in [0, 0.1) is 6.92 Å². The van der Waals surface area contributed by atoms with E-state index in [1.54, 1.807) is 12.5 Å². The fraction of sp³-hybridized carbons (Fsp3) is 0.600. The van der Waals surface area contributed by atoms with Crippen molar-refractivity contribution in [2.24, 2.45) is 0 Å². The van der Waals surface area contributed by atoms with Crippen LogP contribution in [0.1, 0.15) is 38.2 Å². The number of unbranched alkanes of at least 4 members (excludes halogenated alkanes) is 2. The quantitative estimate of drug-likeness (QED) is 0.752. The second-order valence-corrected chi connectivity index (χ2v) is 7.98. The highest BCUT2D eigenvalue weighted by atomic mass is 32.2. The molecular formula is C15H24N4O2S. The van der Waals surface area contributed by atoms with Gasteiger partial charge in [0.1, 0.15) is 15.4 Å². The maximum Gasteiger partial charge on any atom is 0.151 e. The second kappa shape index (κ2) is 7.09. The highest BCUT2D eigenvalue weighted by Crippen LogP contribution is 2.21. The van der Waals surface area contributed by atoms with Crippen LogP contribution in [0.5, 0.6) is 0 Å². The van der Waals surface area contributed by atoms with Gasteiger partial charge in [0.2, 0.25) is 0 Å². The number of hydrogen-bond acceptors (Lipinski definition) is 5. The van der Waals surface area contributed by atoms with Crippen LogP contribution in [-0.4, -0.2) is 34.5 Å². The predicted octanol–water partition coefficient (Wildman–Crippen LogP) is 2.32. The van der Waals surface area contributed by atoms with Crippen molar-refractivity contribution in [3.8, 4) is 0 Å². The molecule has 2 aromatic heterocycles. The Labute approximate surface area is 131 Å². The molecule has 0 spiro atoms. The summed E-state index contributed by atoms with van der Waals surface area (Å²) in [6.45, 7) is 4.72. The maximum absolute atomic E-state index is 11.8. The topological polar surface area (TPSA) is 90.9 Å². The van der Waals surface area contributed by atoms with Crippen LogP contribution in [0.2, 0.25) is 0 Å². The summed E-state index contributed by atoms with van der Waals surface area (Å²) >= 11 is 0. The van der Waals surface area contributed by atoms with E-state index in [1.165, 1.54) is 0 Å². The normalized spacial score (nSPS) is 12.1. The standard InChI is InChI=1S/C15H24N4O2S/c1-3-4-8-22(20,21)9-6-5-7-19-11-18-13-14(19)12(2)10-17-15(13)16/h10-11H,3-9H2,1-2H3,(H2,16,17). The number of hydrogen-bond donors (Lipinski definition) is 1. The van der Waals surface area contributed by atoms with Crippen LogP contribution < -0.4 is 5.73 Å². The molecular weight excluding hydrogens is 300 g/mol. The number of imidazole rings is 1. The lowest BCUT2D eigenvalue weighted by molar-refractivity contribution is 0.582. The van der Waals surface area contributed by atoms with E-state index in [0.717, 1.165) is 42.4 Å². The average molecular weight is 324 g/mol. The van der Waals surface area contributed by atoms with Gasteiger partial charge in [0, 0.05) is 12.7 Å². The molecule has 0 aliphatic heterocycles. The van der Waals surface area contributed by atoms with Crippen molar-refractivity contribution < 1.29 is 8.42 Å². The van der Waals surface area contributed by atoms with Gasteiger partial charge in [-0.3, -0.25) is 0 Å². The number of pyridine rings is 1. The molecule has 0 bridgehead atoms. The number of fused-ring (bicyclic) bond motifs is 1. The van der Waals surface area contributed by atoms with E-state index in [0.29, 0.717) is 18.0 Å². The third-order valence-electron chi connectivity index (χ3n) is 3.76. The third-order valence-corrected chi connectivity index (χ3v) is 5.59. The Hall–Kier alpha value is -1.63. The van der Waals surface area contributed by atoms with Gasteiger partial charge >= 0.3 is 0 Å². The minimum atomic E-state index is -2.90. The molecule has 0 amide bonds. The molecule has 122 valence electrons. The molecule has 2 heterocycles. The zero-order chi connectivity index (χ0) is 16.2. The molecule has 0 fully saturated rings. The van der Waals surface area contributed by atoms with E-state index in [9.17, 15) is 8.42 Å². The zero-order valence-corrected chi connectivity index (χ0v) is 14.1. The number of nitrogens with two attached hydrogens (primary N) is 1. The number of aromatic nitrogens is 3. The zero-order valence-electron chi connectivity index (χ0n) is 13.2. The summed E-state index contributed by atoms with van der Waals surface area (Å²) in [6.07, 6.45) is 6.63. The monoisotopic (exact) mass is 324 g/mol. The van der Waals surface area contributed by atoms with Gasteiger partial charge in [-0.15, -0.1) is 0 Å². The first-order chi connectivity index (χ1) is 10.4. The Kier molecular flexibility index (Phi) is 5.39. The van der Waals surface area contributed by atoms with Crippen LogP contribution >= 0.6 is 0 Å². The minimum absolute atomic E-state index is 0.266. The summed E-state index contributed by atoms with van der Waals surface area (Å²) in [7, 11) is -2.90. The molecule has 0 aliphatic rings. The molecule has 2 rings (SSSR count). The molecule has 0 aromatic carbocycles. The van der Waals surface area contributed by atoms with Gasteiger partial charge in [-0.05, 0) is 31.7 Å². The van der Waals surface area contributed by atoms with Gasteiger partial charge < -0.3 is 10.3 Å². The molecule has 2 N–H and O–H groups in total.